The third-order valence-electron chi connectivity index (χ3n) is 11.4. The molecule has 0 bridgehead atoms. The first-order chi connectivity index (χ1) is 24.0. The molecule has 0 atom stereocenters. The first kappa shape index (κ1) is 34.8. The van der Waals surface area contributed by atoms with Crippen LogP contribution in [-0.2, 0) is 18.3 Å². The molecule has 6 rings (SSSR count). The van der Waals surface area contributed by atoms with E-state index < -0.39 is 0 Å². The van der Waals surface area contributed by atoms with E-state index in [9.17, 15) is 0 Å². The Hall–Kier alpha value is -4.10. The van der Waals surface area contributed by atoms with Crippen molar-refractivity contribution in [3.63, 3.8) is 0 Å². The standard InChI is InChI=1S/C48H57N/c1-6-10-12-13-17-36-22-33-44-45(34-36)47(37-23-27-39(28-24-37)48(5,8-3)9-4)43-19-15-14-18-42(43)46(44)38-25-31-41(32-26-38)49-40-29-20-35(21-30-40)16-11-7-2/h14-15,18-25,27-31,33-34,49H,6-13,16-17,26,32H2,1-5H3. The van der Waals surface area contributed by atoms with Crippen molar-refractivity contribution in [1.82, 2.24) is 0 Å². The van der Waals surface area contributed by atoms with E-state index in [0.717, 1.165) is 38.5 Å². The highest BCUT2D eigenvalue weighted by molar-refractivity contribution is 6.19. The van der Waals surface area contributed by atoms with Crippen LogP contribution in [0.1, 0.15) is 121 Å². The van der Waals surface area contributed by atoms with Crippen LogP contribution in [0.15, 0.2) is 109 Å². The fourth-order valence-electron chi connectivity index (χ4n) is 7.76. The predicted molar refractivity (Wildman–Crippen MR) is 217 cm³/mol. The fraction of sp³-hybridized carbons (Fsp3) is 0.375. The van der Waals surface area contributed by atoms with Gasteiger partial charge in [0.15, 0.2) is 0 Å². The topological polar surface area (TPSA) is 12.0 Å². The lowest BCUT2D eigenvalue weighted by atomic mass is 9.77. The number of hydrogen-bond donors (Lipinski definition) is 1. The number of allylic oxidation sites excluding steroid dienone is 4. The zero-order chi connectivity index (χ0) is 34.2. The van der Waals surface area contributed by atoms with Gasteiger partial charge in [0.1, 0.15) is 0 Å². The summed E-state index contributed by atoms with van der Waals surface area (Å²) in [6.07, 6.45) is 19.0. The molecular formula is C48H57N. The van der Waals surface area contributed by atoms with Crippen LogP contribution in [0.4, 0.5) is 5.69 Å². The highest BCUT2D eigenvalue weighted by Gasteiger charge is 2.23. The zero-order valence-corrected chi connectivity index (χ0v) is 30.8. The van der Waals surface area contributed by atoms with Gasteiger partial charge in [-0.25, -0.2) is 0 Å². The molecule has 5 aromatic carbocycles. The average molecular weight is 648 g/mol. The van der Waals surface area contributed by atoms with Crippen LogP contribution in [0.2, 0.25) is 0 Å². The van der Waals surface area contributed by atoms with Gasteiger partial charge in [0.2, 0.25) is 0 Å². The molecule has 1 N–H and O–H groups in total. The molecule has 0 unspecified atom stereocenters. The first-order valence-electron chi connectivity index (χ1n) is 19.3. The van der Waals surface area contributed by atoms with E-state index in [-0.39, 0.29) is 5.41 Å². The number of unbranched alkanes of at least 4 members (excludes halogenated alkanes) is 4. The molecule has 5 aromatic rings. The summed E-state index contributed by atoms with van der Waals surface area (Å²) >= 11 is 0. The number of hydrogen-bond acceptors (Lipinski definition) is 1. The van der Waals surface area contributed by atoms with Crippen molar-refractivity contribution < 1.29 is 0 Å². The molecular weight excluding hydrogens is 591 g/mol. The highest BCUT2D eigenvalue weighted by atomic mass is 14.9. The van der Waals surface area contributed by atoms with Crippen LogP contribution in [-0.4, -0.2) is 0 Å². The second kappa shape index (κ2) is 16.1. The Bertz CT molecular complexity index is 1920. The predicted octanol–water partition coefficient (Wildman–Crippen LogP) is 14.4. The molecule has 1 nitrogen and oxygen atoms in total. The minimum Gasteiger partial charge on any atom is -0.359 e. The van der Waals surface area contributed by atoms with E-state index in [1.807, 2.05) is 0 Å². The Morgan fingerprint density at radius 1 is 0.571 bits per heavy atom. The third-order valence-corrected chi connectivity index (χ3v) is 11.4. The highest BCUT2D eigenvalue weighted by Crippen LogP contribution is 2.44. The zero-order valence-electron chi connectivity index (χ0n) is 30.8. The Kier molecular flexibility index (Phi) is 11.4. The summed E-state index contributed by atoms with van der Waals surface area (Å²) in [5.41, 5.74) is 12.5. The molecule has 0 spiro atoms. The number of fused-ring (bicyclic) bond motifs is 2. The minimum atomic E-state index is 0.213. The second-order valence-corrected chi connectivity index (χ2v) is 14.6. The van der Waals surface area contributed by atoms with Crippen LogP contribution >= 0.6 is 0 Å². The van der Waals surface area contributed by atoms with Gasteiger partial charge in [-0.05, 0) is 135 Å². The van der Waals surface area contributed by atoms with Crippen molar-refractivity contribution in [1.29, 1.82) is 0 Å². The van der Waals surface area contributed by atoms with Crippen molar-refractivity contribution >= 4 is 32.8 Å². The van der Waals surface area contributed by atoms with Crippen molar-refractivity contribution in [2.45, 2.75) is 117 Å². The molecule has 0 aromatic heterocycles. The minimum absolute atomic E-state index is 0.213. The van der Waals surface area contributed by atoms with Gasteiger partial charge in [0.25, 0.3) is 0 Å². The van der Waals surface area contributed by atoms with Gasteiger partial charge in [0, 0.05) is 11.4 Å². The third kappa shape index (κ3) is 7.72. The molecule has 0 fully saturated rings. The summed E-state index contributed by atoms with van der Waals surface area (Å²) in [6, 6.07) is 35.1. The molecule has 0 radical (unpaired) electrons. The summed E-state index contributed by atoms with van der Waals surface area (Å²) in [7, 11) is 0. The Balaban J connectivity index is 1.43. The lowest BCUT2D eigenvalue weighted by Gasteiger charge is -2.28. The van der Waals surface area contributed by atoms with Crippen molar-refractivity contribution in [2.75, 3.05) is 5.32 Å². The molecule has 49 heavy (non-hydrogen) atoms. The van der Waals surface area contributed by atoms with Gasteiger partial charge in [-0.2, -0.15) is 0 Å². The molecule has 0 saturated carbocycles. The van der Waals surface area contributed by atoms with E-state index in [1.165, 1.54) is 110 Å². The van der Waals surface area contributed by atoms with E-state index in [4.69, 9.17) is 0 Å². The lowest BCUT2D eigenvalue weighted by Crippen LogP contribution is -2.19. The molecule has 1 heteroatoms. The normalized spacial score (nSPS) is 13.5. The Morgan fingerprint density at radius 2 is 1.22 bits per heavy atom. The monoisotopic (exact) mass is 647 g/mol. The molecule has 254 valence electrons. The van der Waals surface area contributed by atoms with Crippen LogP contribution < -0.4 is 5.32 Å². The molecule has 0 heterocycles. The van der Waals surface area contributed by atoms with Crippen molar-refractivity contribution in [3.05, 3.63) is 131 Å². The largest absolute Gasteiger partial charge is 0.359 e. The molecule has 0 saturated heterocycles. The quantitative estimate of drug-likeness (QED) is 0.0880. The van der Waals surface area contributed by atoms with E-state index in [1.54, 1.807) is 0 Å². The summed E-state index contributed by atoms with van der Waals surface area (Å²) in [6.45, 7) is 11.6. The van der Waals surface area contributed by atoms with E-state index >= 15 is 0 Å². The number of aryl methyl sites for hydroxylation is 2. The number of nitrogens with one attached hydrogen (secondary N) is 1. The van der Waals surface area contributed by atoms with E-state index in [0.29, 0.717) is 0 Å². The smallest absolute Gasteiger partial charge is 0.0381 e. The van der Waals surface area contributed by atoms with Gasteiger partial charge in [-0.1, -0.05) is 145 Å². The van der Waals surface area contributed by atoms with Crippen molar-refractivity contribution in [3.8, 4) is 11.1 Å². The molecule has 0 aliphatic heterocycles. The fourth-order valence-corrected chi connectivity index (χ4v) is 7.76. The average Bonchev–Trinajstić information content (AvgIpc) is 3.15. The second-order valence-electron chi connectivity index (χ2n) is 14.6. The summed E-state index contributed by atoms with van der Waals surface area (Å²) in [4.78, 5) is 0. The van der Waals surface area contributed by atoms with Gasteiger partial charge in [0.05, 0.1) is 0 Å². The van der Waals surface area contributed by atoms with Crippen LogP contribution in [0.3, 0.4) is 0 Å². The number of rotatable bonds is 15. The Morgan fingerprint density at radius 3 is 1.88 bits per heavy atom. The molecule has 1 aliphatic carbocycles. The van der Waals surface area contributed by atoms with Gasteiger partial charge in [-0.15, -0.1) is 0 Å². The number of benzene rings is 5. The van der Waals surface area contributed by atoms with E-state index in [2.05, 4.69) is 143 Å². The molecule has 0 amide bonds. The lowest BCUT2D eigenvalue weighted by molar-refractivity contribution is 0.439. The van der Waals surface area contributed by atoms with Crippen molar-refractivity contribution in [2.24, 2.45) is 0 Å². The van der Waals surface area contributed by atoms with Crippen LogP contribution in [0.25, 0.3) is 38.2 Å². The SMILES string of the molecule is CCCCCCc1ccc2c(C3=CC=C(Nc4ccc(CCCC)cc4)CC3)c3ccccc3c(-c3ccc(C(C)(CC)CC)cc3)c2c1. The molecule has 1 aliphatic rings. The Labute approximate surface area is 296 Å². The summed E-state index contributed by atoms with van der Waals surface area (Å²) in [5, 5.41) is 9.19. The maximum atomic E-state index is 3.72. The van der Waals surface area contributed by atoms with Gasteiger partial charge < -0.3 is 5.32 Å². The number of anilines is 1. The van der Waals surface area contributed by atoms with Gasteiger partial charge >= 0.3 is 0 Å². The van der Waals surface area contributed by atoms with Crippen LogP contribution in [0, 0.1) is 0 Å². The summed E-state index contributed by atoms with van der Waals surface area (Å²) in [5.74, 6) is 0. The summed E-state index contributed by atoms with van der Waals surface area (Å²) < 4.78 is 0. The maximum Gasteiger partial charge on any atom is 0.0381 e. The first-order valence-corrected chi connectivity index (χ1v) is 19.3. The van der Waals surface area contributed by atoms with Gasteiger partial charge in [-0.3, -0.25) is 0 Å². The van der Waals surface area contributed by atoms with Crippen LogP contribution in [0.5, 0.6) is 0 Å². The maximum absolute atomic E-state index is 3.72.